The molecule has 3 atom stereocenters. The number of hydrogen-bond donors (Lipinski definition) is 2. The molecule has 4 heteroatoms. The number of allylic oxidation sites excluding steroid dienone is 1. The standard InChI is InChI=1S/C20H34O4/c1-2-3-9-17(21)14-12-16-13-15-19(22)18(16)10-7-5-4-6-8-11-20(23)24/h12,14,16-18,21H,2-11,13,15H2,1H3,(H,23,24). The molecule has 0 spiro atoms. The van der Waals surface area contributed by atoms with Gasteiger partial charge < -0.3 is 10.2 Å². The van der Waals surface area contributed by atoms with Gasteiger partial charge in [-0.05, 0) is 31.6 Å². The summed E-state index contributed by atoms with van der Waals surface area (Å²) in [5, 5.41) is 18.5. The lowest BCUT2D eigenvalue weighted by atomic mass is 9.89. The first kappa shape index (κ1) is 20.9. The van der Waals surface area contributed by atoms with Crippen LogP contribution in [-0.4, -0.2) is 28.1 Å². The van der Waals surface area contributed by atoms with Crippen molar-refractivity contribution in [1.82, 2.24) is 0 Å². The zero-order valence-corrected chi connectivity index (χ0v) is 15.1. The van der Waals surface area contributed by atoms with Gasteiger partial charge in [-0.1, -0.05) is 57.6 Å². The van der Waals surface area contributed by atoms with E-state index in [0.717, 1.165) is 64.2 Å². The summed E-state index contributed by atoms with van der Waals surface area (Å²) in [6, 6.07) is 0. The highest BCUT2D eigenvalue weighted by molar-refractivity contribution is 5.83. The molecule has 1 aliphatic carbocycles. The van der Waals surface area contributed by atoms with Gasteiger partial charge >= 0.3 is 5.97 Å². The minimum absolute atomic E-state index is 0.124. The molecule has 0 bridgehead atoms. The molecule has 3 unspecified atom stereocenters. The van der Waals surface area contributed by atoms with Gasteiger partial charge in [0.05, 0.1) is 6.10 Å². The number of hydrogen-bond acceptors (Lipinski definition) is 3. The number of aliphatic hydroxyl groups excluding tert-OH is 1. The van der Waals surface area contributed by atoms with Gasteiger partial charge in [0.25, 0.3) is 0 Å². The number of carboxylic acid groups (broad SMARTS) is 1. The molecule has 0 aromatic heterocycles. The Morgan fingerprint density at radius 2 is 1.92 bits per heavy atom. The molecule has 2 N–H and O–H groups in total. The van der Waals surface area contributed by atoms with Crippen molar-refractivity contribution in [3.8, 4) is 0 Å². The van der Waals surface area contributed by atoms with E-state index in [0.29, 0.717) is 18.1 Å². The molecule has 0 aromatic carbocycles. The van der Waals surface area contributed by atoms with Crippen LogP contribution < -0.4 is 0 Å². The highest BCUT2D eigenvalue weighted by Gasteiger charge is 2.32. The van der Waals surface area contributed by atoms with Crippen molar-refractivity contribution in [1.29, 1.82) is 0 Å². The van der Waals surface area contributed by atoms with Gasteiger partial charge in [0.1, 0.15) is 5.78 Å². The van der Waals surface area contributed by atoms with E-state index in [1.54, 1.807) is 0 Å². The van der Waals surface area contributed by atoms with E-state index in [1.165, 1.54) is 0 Å². The second kappa shape index (κ2) is 12.2. The molecule has 0 heterocycles. The van der Waals surface area contributed by atoms with Crippen molar-refractivity contribution >= 4 is 11.8 Å². The third-order valence-corrected chi connectivity index (χ3v) is 4.99. The van der Waals surface area contributed by atoms with Crippen LogP contribution in [-0.2, 0) is 9.59 Å². The molecule has 0 amide bonds. The van der Waals surface area contributed by atoms with Crippen molar-refractivity contribution in [3.05, 3.63) is 12.2 Å². The summed E-state index contributed by atoms with van der Waals surface area (Å²) >= 11 is 0. The third kappa shape index (κ3) is 8.62. The first-order valence-corrected chi connectivity index (χ1v) is 9.65. The van der Waals surface area contributed by atoms with Crippen LogP contribution in [0, 0.1) is 11.8 Å². The van der Waals surface area contributed by atoms with E-state index in [9.17, 15) is 14.7 Å². The van der Waals surface area contributed by atoms with E-state index in [4.69, 9.17) is 5.11 Å². The maximum absolute atomic E-state index is 12.1. The van der Waals surface area contributed by atoms with Crippen LogP contribution in [0.5, 0.6) is 0 Å². The molecular formula is C20H34O4. The molecule has 0 aliphatic heterocycles. The van der Waals surface area contributed by atoms with Crippen molar-refractivity contribution in [2.45, 2.75) is 90.1 Å². The maximum atomic E-state index is 12.1. The average molecular weight is 338 g/mol. The summed E-state index contributed by atoms with van der Waals surface area (Å²) in [4.78, 5) is 22.5. The first-order valence-electron chi connectivity index (χ1n) is 9.65. The molecular weight excluding hydrogens is 304 g/mol. The van der Waals surface area contributed by atoms with Crippen LogP contribution in [0.3, 0.4) is 0 Å². The van der Waals surface area contributed by atoms with Crippen molar-refractivity contribution < 1.29 is 19.8 Å². The number of aliphatic carboxylic acids is 1. The minimum Gasteiger partial charge on any atom is -0.481 e. The fraction of sp³-hybridized carbons (Fsp3) is 0.800. The fourth-order valence-corrected chi connectivity index (χ4v) is 3.49. The summed E-state index contributed by atoms with van der Waals surface area (Å²) in [6.45, 7) is 2.11. The number of ketones is 1. The molecule has 138 valence electrons. The number of unbranched alkanes of at least 4 members (excludes halogenated alkanes) is 5. The Morgan fingerprint density at radius 1 is 1.21 bits per heavy atom. The van der Waals surface area contributed by atoms with Gasteiger partial charge in [0.2, 0.25) is 0 Å². The Kier molecular flexibility index (Phi) is 10.6. The van der Waals surface area contributed by atoms with Crippen LogP contribution in [0.2, 0.25) is 0 Å². The average Bonchev–Trinajstić information content (AvgIpc) is 2.90. The minimum atomic E-state index is -0.720. The number of aliphatic hydroxyl groups is 1. The largest absolute Gasteiger partial charge is 0.481 e. The highest BCUT2D eigenvalue weighted by atomic mass is 16.4. The Labute approximate surface area is 146 Å². The van der Waals surface area contributed by atoms with Crippen LogP contribution in [0.25, 0.3) is 0 Å². The van der Waals surface area contributed by atoms with E-state index in [-0.39, 0.29) is 18.4 Å². The molecule has 1 aliphatic rings. The molecule has 1 saturated carbocycles. The van der Waals surface area contributed by atoms with Crippen LogP contribution in [0.15, 0.2) is 12.2 Å². The fourth-order valence-electron chi connectivity index (χ4n) is 3.49. The van der Waals surface area contributed by atoms with E-state index in [2.05, 4.69) is 13.0 Å². The van der Waals surface area contributed by atoms with Crippen molar-refractivity contribution in [3.63, 3.8) is 0 Å². The summed E-state index contributed by atoms with van der Waals surface area (Å²) in [5.74, 6) is 0.0697. The number of rotatable bonds is 13. The monoisotopic (exact) mass is 338 g/mol. The molecule has 0 saturated heterocycles. The lowest BCUT2D eigenvalue weighted by Crippen LogP contribution is -2.14. The lowest BCUT2D eigenvalue weighted by Gasteiger charge is -2.15. The first-order chi connectivity index (χ1) is 11.5. The second-order valence-electron chi connectivity index (χ2n) is 7.07. The summed E-state index contributed by atoms with van der Waals surface area (Å²) in [6.07, 6.45) is 14.1. The summed E-state index contributed by atoms with van der Waals surface area (Å²) in [5.41, 5.74) is 0. The van der Waals surface area contributed by atoms with Crippen LogP contribution in [0.1, 0.15) is 84.0 Å². The Balaban J connectivity index is 2.24. The molecule has 1 rings (SSSR count). The van der Waals surface area contributed by atoms with Gasteiger partial charge in [-0.3, -0.25) is 9.59 Å². The maximum Gasteiger partial charge on any atom is 0.303 e. The van der Waals surface area contributed by atoms with Gasteiger partial charge in [0.15, 0.2) is 0 Å². The highest BCUT2D eigenvalue weighted by Crippen LogP contribution is 2.34. The Hall–Kier alpha value is -1.16. The zero-order chi connectivity index (χ0) is 17.8. The van der Waals surface area contributed by atoms with E-state index >= 15 is 0 Å². The van der Waals surface area contributed by atoms with Crippen LogP contribution in [0.4, 0.5) is 0 Å². The number of carboxylic acids is 1. The molecule has 0 aromatic rings. The number of Topliss-reactive ketones (excluding diaryl/α,β-unsaturated/α-hetero) is 1. The smallest absolute Gasteiger partial charge is 0.303 e. The van der Waals surface area contributed by atoms with E-state index in [1.807, 2.05) is 6.08 Å². The van der Waals surface area contributed by atoms with Gasteiger partial charge in [-0.25, -0.2) is 0 Å². The summed E-state index contributed by atoms with van der Waals surface area (Å²) < 4.78 is 0. The second-order valence-corrected chi connectivity index (χ2v) is 7.07. The summed E-state index contributed by atoms with van der Waals surface area (Å²) in [7, 11) is 0. The predicted octanol–water partition coefficient (Wildman–Crippen LogP) is 4.50. The third-order valence-electron chi connectivity index (χ3n) is 4.99. The lowest BCUT2D eigenvalue weighted by molar-refractivity contribution is -0.137. The van der Waals surface area contributed by atoms with Gasteiger partial charge in [-0.15, -0.1) is 0 Å². The Bertz CT molecular complexity index is 402. The Morgan fingerprint density at radius 3 is 2.62 bits per heavy atom. The van der Waals surface area contributed by atoms with Gasteiger partial charge in [-0.2, -0.15) is 0 Å². The molecule has 1 fully saturated rings. The van der Waals surface area contributed by atoms with Crippen molar-refractivity contribution in [2.24, 2.45) is 11.8 Å². The quantitative estimate of drug-likeness (QED) is 0.383. The topological polar surface area (TPSA) is 74.6 Å². The number of carbonyl (C=O) groups is 2. The van der Waals surface area contributed by atoms with E-state index < -0.39 is 5.97 Å². The van der Waals surface area contributed by atoms with Gasteiger partial charge in [0, 0.05) is 18.8 Å². The predicted molar refractivity (Wildman–Crippen MR) is 95.8 cm³/mol. The SMILES string of the molecule is CCCCC(O)C=CC1CCC(=O)C1CCCCCCCC(=O)O. The molecule has 24 heavy (non-hydrogen) atoms. The molecule has 4 nitrogen and oxygen atoms in total. The molecule has 0 radical (unpaired) electrons. The number of carbonyl (C=O) groups excluding carboxylic acids is 1. The normalized spacial score (nSPS) is 22.3. The van der Waals surface area contributed by atoms with Crippen molar-refractivity contribution in [2.75, 3.05) is 0 Å². The van der Waals surface area contributed by atoms with Crippen LogP contribution >= 0.6 is 0 Å². The zero-order valence-electron chi connectivity index (χ0n) is 15.1.